The fourth-order valence-corrected chi connectivity index (χ4v) is 3.77. The van der Waals surface area contributed by atoms with E-state index in [-0.39, 0.29) is 11.3 Å². The Hall–Kier alpha value is -2.60. The van der Waals surface area contributed by atoms with Gasteiger partial charge in [-0.2, -0.15) is 4.99 Å². The number of aliphatic imine (C=N–C) groups is 1. The molecule has 2 aliphatic rings. The molecule has 0 bridgehead atoms. The first-order valence-electron chi connectivity index (χ1n) is 9.45. The topological polar surface area (TPSA) is 12.4 Å². The first-order valence-corrected chi connectivity index (χ1v) is 9.85. The summed E-state index contributed by atoms with van der Waals surface area (Å²) in [5, 5.41) is 2.04. The van der Waals surface area contributed by atoms with Gasteiger partial charge in [-0.3, -0.25) is 0 Å². The Morgan fingerprint density at radius 3 is 2.68 bits per heavy atom. The number of nitrogens with zero attached hydrogens (tertiary/aromatic N) is 1. The Bertz CT molecular complexity index is 1080. The lowest BCUT2D eigenvalue weighted by Crippen LogP contribution is -2.00. The standard InChI is InChI=1S/C24H19F2NS/c1-15-8-21(15)11-17-4-6-18-9-16(2-5-19(18)10-17)3-7-20-12-23(26)24(27-14-28)13-22(20)25/h4,6,9-10,12-13,15,21H,2,5,8,11H2,1H3. The second-order valence-corrected chi connectivity index (χ2v) is 7.80. The van der Waals surface area contributed by atoms with Gasteiger partial charge in [-0.1, -0.05) is 37.0 Å². The Morgan fingerprint density at radius 1 is 1.11 bits per heavy atom. The van der Waals surface area contributed by atoms with Crippen LogP contribution in [0, 0.1) is 35.3 Å². The lowest BCUT2D eigenvalue weighted by molar-refractivity contribution is 0.599. The lowest BCUT2D eigenvalue weighted by Gasteiger charge is -2.15. The quantitative estimate of drug-likeness (QED) is 0.341. The van der Waals surface area contributed by atoms with Gasteiger partial charge in [0.1, 0.15) is 11.5 Å². The van der Waals surface area contributed by atoms with E-state index in [0.717, 1.165) is 42.4 Å². The minimum atomic E-state index is -0.663. The zero-order valence-corrected chi connectivity index (χ0v) is 16.4. The average molecular weight is 391 g/mol. The maximum Gasteiger partial charge on any atom is 0.151 e. The van der Waals surface area contributed by atoms with Gasteiger partial charge in [-0.05, 0) is 78.6 Å². The fourth-order valence-electron chi connectivity index (χ4n) is 3.67. The highest BCUT2D eigenvalue weighted by Crippen LogP contribution is 2.40. The number of aryl methyl sites for hydroxylation is 1. The third-order valence-electron chi connectivity index (χ3n) is 5.54. The van der Waals surface area contributed by atoms with Gasteiger partial charge in [0.05, 0.1) is 10.7 Å². The van der Waals surface area contributed by atoms with Crippen molar-refractivity contribution in [3.05, 3.63) is 69.8 Å². The first-order chi connectivity index (χ1) is 13.5. The summed E-state index contributed by atoms with van der Waals surface area (Å²) in [5.74, 6) is 6.17. The van der Waals surface area contributed by atoms with Crippen molar-refractivity contribution in [2.24, 2.45) is 16.8 Å². The molecule has 1 nitrogen and oxygen atoms in total. The summed E-state index contributed by atoms with van der Waals surface area (Å²) in [6.45, 7) is 2.31. The highest BCUT2D eigenvalue weighted by Gasteiger charge is 2.32. The molecule has 2 aromatic rings. The minimum absolute atomic E-state index is 0.0152. The third kappa shape index (κ3) is 4.12. The second kappa shape index (κ2) is 7.80. The van der Waals surface area contributed by atoms with Gasteiger partial charge in [0, 0.05) is 11.6 Å². The number of halogens is 2. The summed E-state index contributed by atoms with van der Waals surface area (Å²) in [6.07, 6.45) is 6.28. The van der Waals surface area contributed by atoms with Crippen molar-refractivity contribution in [3.63, 3.8) is 0 Å². The first kappa shape index (κ1) is 18.7. The van der Waals surface area contributed by atoms with Crippen molar-refractivity contribution in [2.75, 3.05) is 0 Å². The van der Waals surface area contributed by atoms with Crippen LogP contribution in [0.1, 0.15) is 42.0 Å². The Balaban J connectivity index is 1.54. The summed E-state index contributed by atoms with van der Waals surface area (Å²) in [4.78, 5) is 3.51. The van der Waals surface area contributed by atoms with Crippen molar-refractivity contribution in [1.82, 2.24) is 0 Å². The molecule has 0 saturated heterocycles. The number of thiocarbonyl (C=S) groups is 1. The van der Waals surface area contributed by atoms with Crippen molar-refractivity contribution < 1.29 is 8.78 Å². The van der Waals surface area contributed by atoms with Gasteiger partial charge in [0.2, 0.25) is 0 Å². The molecular weight excluding hydrogens is 372 g/mol. The van der Waals surface area contributed by atoms with E-state index >= 15 is 0 Å². The molecule has 0 radical (unpaired) electrons. The highest BCUT2D eigenvalue weighted by atomic mass is 32.1. The SMILES string of the molecule is CC1CC1Cc1ccc2c(c1)CCC(C#Cc1cc(F)c(N=C=S)cc1F)=C2. The van der Waals surface area contributed by atoms with Gasteiger partial charge in [0.15, 0.2) is 5.82 Å². The lowest BCUT2D eigenvalue weighted by atomic mass is 9.90. The maximum absolute atomic E-state index is 14.1. The Labute approximate surface area is 169 Å². The van der Waals surface area contributed by atoms with Crippen molar-refractivity contribution in [2.45, 2.75) is 32.6 Å². The van der Waals surface area contributed by atoms with Crippen LogP contribution in [-0.4, -0.2) is 5.16 Å². The number of benzene rings is 2. The van der Waals surface area contributed by atoms with Gasteiger partial charge in [-0.15, -0.1) is 0 Å². The van der Waals surface area contributed by atoms with Crippen molar-refractivity contribution in [3.8, 4) is 11.8 Å². The molecule has 4 heteroatoms. The van der Waals surface area contributed by atoms with Crippen molar-refractivity contribution >= 4 is 29.1 Å². The van der Waals surface area contributed by atoms with Crippen LogP contribution in [0.4, 0.5) is 14.5 Å². The monoisotopic (exact) mass is 391 g/mol. The molecule has 28 heavy (non-hydrogen) atoms. The molecule has 2 unspecified atom stereocenters. The van der Waals surface area contributed by atoms with E-state index in [0.29, 0.717) is 0 Å². The average Bonchev–Trinajstić information content (AvgIpc) is 3.37. The summed E-state index contributed by atoms with van der Waals surface area (Å²) in [7, 11) is 0. The van der Waals surface area contributed by atoms with Crippen LogP contribution in [0.5, 0.6) is 0 Å². The van der Waals surface area contributed by atoms with Gasteiger partial charge in [0.25, 0.3) is 0 Å². The third-order valence-corrected chi connectivity index (χ3v) is 5.63. The van der Waals surface area contributed by atoms with E-state index in [1.807, 2.05) is 5.16 Å². The van der Waals surface area contributed by atoms with Crippen LogP contribution < -0.4 is 0 Å². The summed E-state index contributed by atoms with van der Waals surface area (Å²) in [5.41, 5.74) is 4.70. The van der Waals surface area contributed by atoms with E-state index < -0.39 is 11.6 Å². The number of rotatable bonds is 3. The summed E-state index contributed by atoms with van der Waals surface area (Å²) < 4.78 is 28.0. The molecule has 2 aromatic carbocycles. The zero-order chi connectivity index (χ0) is 19.7. The smallest absolute Gasteiger partial charge is 0.151 e. The number of allylic oxidation sites excluding steroid dienone is 1. The second-order valence-electron chi connectivity index (χ2n) is 7.62. The predicted molar refractivity (Wildman–Crippen MR) is 112 cm³/mol. The molecule has 1 fully saturated rings. The molecule has 4 rings (SSSR count). The molecule has 0 aliphatic heterocycles. The fraction of sp³-hybridized carbons (Fsp3) is 0.292. The van der Waals surface area contributed by atoms with E-state index in [1.54, 1.807) is 0 Å². The largest absolute Gasteiger partial charge is 0.206 e. The molecule has 140 valence electrons. The highest BCUT2D eigenvalue weighted by molar-refractivity contribution is 7.78. The zero-order valence-electron chi connectivity index (χ0n) is 15.6. The Morgan fingerprint density at radius 2 is 1.93 bits per heavy atom. The molecule has 1 saturated carbocycles. The summed E-state index contributed by atoms with van der Waals surface area (Å²) >= 11 is 4.43. The molecule has 2 atom stereocenters. The molecule has 0 heterocycles. The van der Waals surface area contributed by atoms with Crippen LogP contribution in [0.15, 0.2) is 40.9 Å². The van der Waals surface area contributed by atoms with Gasteiger partial charge in [-0.25, -0.2) is 8.78 Å². The normalized spacial score (nSPS) is 19.6. The molecule has 0 amide bonds. The summed E-state index contributed by atoms with van der Waals surface area (Å²) in [6, 6.07) is 8.70. The number of isothiocyanates is 1. The van der Waals surface area contributed by atoms with E-state index in [9.17, 15) is 8.78 Å². The van der Waals surface area contributed by atoms with Crippen LogP contribution in [0.3, 0.4) is 0 Å². The minimum Gasteiger partial charge on any atom is -0.206 e. The van der Waals surface area contributed by atoms with Crippen LogP contribution in [-0.2, 0) is 12.8 Å². The van der Waals surface area contributed by atoms with E-state index in [1.165, 1.54) is 29.5 Å². The van der Waals surface area contributed by atoms with Crippen molar-refractivity contribution in [1.29, 1.82) is 0 Å². The van der Waals surface area contributed by atoms with Gasteiger partial charge < -0.3 is 0 Å². The van der Waals surface area contributed by atoms with E-state index in [4.69, 9.17) is 0 Å². The number of hydrogen-bond donors (Lipinski definition) is 0. The van der Waals surface area contributed by atoms with Gasteiger partial charge >= 0.3 is 0 Å². The number of hydrogen-bond acceptors (Lipinski definition) is 2. The number of fused-ring (bicyclic) bond motifs is 1. The van der Waals surface area contributed by atoms with Crippen LogP contribution >= 0.6 is 12.2 Å². The molecule has 0 spiro atoms. The Kier molecular flexibility index (Phi) is 5.22. The predicted octanol–water partition coefficient (Wildman–Crippen LogP) is 6.28. The molecular formula is C24H19F2NS. The van der Waals surface area contributed by atoms with Crippen LogP contribution in [0.2, 0.25) is 0 Å². The molecule has 0 aromatic heterocycles. The van der Waals surface area contributed by atoms with E-state index in [2.05, 4.69) is 60.3 Å². The maximum atomic E-state index is 14.1. The molecule has 0 N–H and O–H groups in total. The van der Waals surface area contributed by atoms with Crippen LogP contribution in [0.25, 0.3) is 6.08 Å². The molecule has 2 aliphatic carbocycles.